The molecule has 0 bridgehead atoms. The number of pyridine rings is 2. The summed E-state index contributed by atoms with van der Waals surface area (Å²) in [5.41, 5.74) is -0.139. The van der Waals surface area contributed by atoms with Crippen LogP contribution in [0.3, 0.4) is 0 Å². The van der Waals surface area contributed by atoms with Crippen molar-refractivity contribution in [3.05, 3.63) is 71.0 Å². The number of ether oxygens (including phenoxy) is 1. The standard InChI is InChI=1S/C15H8ClF3N5O.C2H5N2O2.Co/c16-9-4-3-7-21-13(9)24-10(8-11(23-24)15(17,18)19)14(25)22-12-5-1-2-6-20-12;1-6-2(5)4-3;/h1-4,6-8H,(H,20,22,25);3H,1H3,(H,4,5);/q2*-1;+2. The molecular formula is C17H13ClCoF3N7O3. The van der Waals surface area contributed by atoms with Crippen LogP contribution in [0.25, 0.3) is 11.7 Å². The summed E-state index contributed by atoms with van der Waals surface area (Å²) in [6, 6.07) is 9.26. The van der Waals surface area contributed by atoms with Gasteiger partial charge in [-0.15, -0.1) is 0 Å². The molecule has 171 valence electrons. The smallest absolute Gasteiger partial charge is 0.581 e. The van der Waals surface area contributed by atoms with E-state index < -0.39 is 29.6 Å². The molecule has 3 heterocycles. The number of aromatic nitrogens is 4. The van der Waals surface area contributed by atoms with Gasteiger partial charge in [0.05, 0.1) is 12.1 Å². The van der Waals surface area contributed by atoms with Gasteiger partial charge in [-0.05, 0) is 12.1 Å². The molecule has 0 aliphatic rings. The average Bonchev–Trinajstić information content (AvgIpc) is 3.20. The summed E-state index contributed by atoms with van der Waals surface area (Å²) in [6.45, 7) is 0. The second kappa shape index (κ2) is 12.0. The number of hydrogen-bond donors (Lipinski definition) is 2. The average molecular weight is 515 g/mol. The van der Waals surface area contributed by atoms with E-state index in [1.807, 2.05) is 0 Å². The molecule has 2 amide bonds. The van der Waals surface area contributed by atoms with E-state index in [0.29, 0.717) is 6.07 Å². The summed E-state index contributed by atoms with van der Waals surface area (Å²) in [7, 11) is 1.20. The van der Waals surface area contributed by atoms with Gasteiger partial charge in [0.25, 0.3) is 5.91 Å². The van der Waals surface area contributed by atoms with E-state index >= 15 is 0 Å². The molecule has 0 saturated carbocycles. The van der Waals surface area contributed by atoms with Crippen LogP contribution in [0.2, 0.25) is 5.02 Å². The van der Waals surface area contributed by atoms with Crippen LogP contribution in [0.4, 0.5) is 23.8 Å². The van der Waals surface area contributed by atoms with E-state index in [1.165, 1.54) is 43.1 Å². The number of halogens is 4. The van der Waals surface area contributed by atoms with Crippen LogP contribution < -0.4 is 10.7 Å². The molecule has 0 aromatic carbocycles. The van der Waals surface area contributed by atoms with E-state index in [2.05, 4.69) is 31.2 Å². The zero-order valence-electron chi connectivity index (χ0n) is 15.9. The first-order valence-electron chi connectivity index (χ1n) is 8.10. The normalized spacial score (nSPS) is 10.2. The Morgan fingerprint density at radius 1 is 1.25 bits per heavy atom. The van der Waals surface area contributed by atoms with Gasteiger partial charge in [-0.3, -0.25) is 9.78 Å². The van der Waals surface area contributed by atoms with Gasteiger partial charge in [-0.1, -0.05) is 17.8 Å². The molecule has 0 aliphatic heterocycles. The van der Waals surface area contributed by atoms with Crippen molar-refractivity contribution < 1.29 is 44.3 Å². The number of nitrogens with zero attached hydrogens (tertiary/aromatic N) is 4. The molecule has 32 heavy (non-hydrogen) atoms. The predicted molar refractivity (Wildman–Crippen MR) is 102 cm³/mol. The Morgan fingerprint density at radius 2 is 1.94 bits per heavy atom. The molecule has 10 nitrogen and oxygen atoms in total. The second-order valence-corrected chi connectivity index (χ2v) is 5.74. The van der Waals surface area contributed by atoms with Gasteiger partial charge in [0.2, 0.25) is 0 Å². The Labute approximate surface area is 194 Å². The van der Waals surface area contributed by atoms with Crippen molar-refractivity contribution in [3.8, 4) is 5.82 Å². The largest absolute Gasteiger partial charge is 2.00 e. The van der Waals surface area contributed by atoms with Gasteiger partial charge < -0.3 is 21.3 Å². The topological polar surface area (TPSA) is 135 Å². The third kappa shape index (κ3) is 7.19. The summed E-state index contributed by atoms with van der Waals surface area (Å²) >= 11 is 5.96. The Hall–Kier alpha value is -3.20. The minimum atomic E-state index is -4.74. The van der Waals surface area contributed by atoms with E-state index in [0.717, 1.165) is 4.68 Å². The molecule has 3 N–H and O–H groups in total. The summed E-state index contributed by atoms with van der Waals surface area (Å²) in [5.74, 6) is 5.18. The summed E-state index contributed by atoms with van der Waals surface area (Å²) in [5, 5.41) is 5.82. The molecule has 0 aliphatic carbocycles. The predicted octanol–water partition coefficient (Wildman–Crippen LogP) is 3.69. The Balaban J connectivity index is 0.000000648. The molecule has 15 heteroatoms. The fraction of sp³-hybridized carbons (Fsp3) is 0.118. The summed E-state index contributed by atoms with van der Waals surface area (Å²) in [4.78, 5) is 29.8. The maximum absolute atomic E-state index is 13.0. The number of carbonyl (C=O) groups excluding carboxylic acids is 2. The first kappa shape index (κ1) is 26.8. The van der Waals surface area contributed by atoms with E-state index in [9.17, 15) is 22.8 Å². The van der Waals surface area contributed by atoms with E-state index in [-0.39, 0.29) is 33.4 Å². The van der Waals surface area contributed by atoms with Crippen LogP contribution >= 0.6 is 11.6 Å². The number of nitrogens with one attached hydrogen (secondary N) is 3. The molecule has 3 aromatic heterocycles. The number of rotatable bonds is 3. The number of anilines is 1. The van der Waals surface area contributed by atoms with Crippen LogP contribution in [0.5, 0.6) is 0 Å². The van der Waals surface area contributed by atoms with Crippen LogP contribution in [0.1, 0.15) is 16.2 Å². The zero-order valence-corrected chi connectivity index (χ0v) is 17.7. The maximum atomic E-state index is 13.0. The Morgan fingerprint density at radius 3 is 2.44 bits per heavy atom. The van der Waals surface area contributed by atoms with Gasteiger partial charge in [-0.2, -0.15) is 24.3 Å². The fourth-order valence-corrected chi connectivity index (χ4v) is 2.19. The molecule has 3 rings (SSSR count). The SMILES string of the molecule is COC(=O)N[NH-].O=C(Nc1[c-]cccn1)c1cc(C(F)(F)F)nn1-c1ncccc1Cl.[Co+2]. The third-order valence-corrected chi connectivity index (χ3v) is 3.59. The van der Waals surface area contributed by atoms with Crippen LogP contribution in [-0.2, 0) is 27.7 Å². The number of carbonyl (C=O) groups is 2. The van der Waals surface area contributed by atoms with Crippen molar-refractivity contribution in [2.45, 2.75) is 6.18 Å². The number of alkyl halides is 3. The summed E-state index contributed by atoms with van der Waals surface area (Å²) < 4.78 is 43.7. The van der Waals surface area contributed by atoms with Crippen LogP contribution in [0.15, 0.2) is 42.7 Å². The van der Waals surface area contributed by atoms with Crippen molar-refractivity contribution >= 4 is 29.4 Å². The van der Waals surface area contributed by atoms with Gasteiger partial charge in [-0.25, -0.2) is 26.6 Å². The quantitative estimate of drug-likeness (QED) is 0.404. The van der Waals surface area contributed by atoms with Crippen molar-refractivity contribution in [3.63, 3.8) is 0 Å². The Bertz CT molecular complexity index is 1050. The van der Waals surface area contributed by atoms with Crippen LogP contribution in [-0.4, -0.2) is 38.9 Å². The van der Waals surface area contributed by atoms with Gasteiger partial charge >= 0.3 is 29.0 Å². The number of hydrogen-bond acceptors (Lipinski definition) is 6. The van der Waals surface area contributed by atoms with Crippen molar-refractivity contribution in [1.29, 1.82) is 0 Å². The van der Waals surface area contributed by atoms with Crippen LogP contribution in [0, 0.1) is 6.07 Å². The fourth-order valence-electron chi connectivity index (χ4n) is 1.99. The molecule has 0 atom stereocenters. The molecule has 0 fully saturated rings. The second-order valence-electron chi connectivity index (χ2n) is 5.33. The molecule has 1 radical (unpaired) electrons. The molecule has 0 unspecified atom stereocenters. The van der Waals surface area contributed by atoms with Gasteiger partial charge in [0.15, 0.2) is 11.5 Å². The molecule has 0 spiro atoms. The van der Waals surface area contributed by atoms with Gasteiger partial charge in [0.1, 0.15) is 5.69 Å². The minimum absolute atomic E-state index is 0. The first-order chi connectivity index (χ1) is 14.7. The third-order valence-electron chi connectivity index (χ3n) is 3.30. The maximum Gasteiger partial charge on any atom is 2.00 e. The van der Waals surface area contributed by atoms with Crippen molar-refractivity contribution in [2.75, 3.05) is 12.4 Å². The minimum Gasteiger partial charge on any atom is -0.581 e. The number of methoxy groups -OCH3 is 1. The van der Waals surface area contributed by atoms with E-state index in [4.69, 9.17) is 17.4 Å². The zero-order chi connectivity index (χ0) is 23.0. The monoisotopic (exact) mass is 514 g/mol. The Kier molecular flexibility index (Phi) is 10.1. The van der Waals surface area contributed by atoms with Crippen molar-refractivity contribution in [2.24, 2.45) is 0 Å². The first-order valence-corrected chi connectivity index (χ1v) is 8.48. The van der Waals surface area contributed by atoms with Gasteiger partial charge in [0, 0.05) is 18.1 Å². The number of amides is 2. The van der Waals surface area contributed by atoms with Crippen molar-refractivity contribution in [1.82, 2.24) is 25.2 Å². The molecular weight excluding hydrogens is 502 g/mol. The summed E-state index contributed by atoms with van der Waals surface area (Å²) in [6.07, 6.45) is -2.75. The van der Waals surface area contributed by atoms with E-state index in [1.54, 1.807) is 6.07 Å². The molecule has 3 aromatic rings. The molecule has 0 saturated heterocycles.